The molecule has 0 unspecified atom stereocenters. The predicted octanol–water partition coefficient (Wildman–Crippen LogP) is 1.77. The van der Waals surface area contributed by atoms with E-state index >= 15 is 0 Å². The monoisotopic (exact) mass is 283 g/mol. The van der Waals surface area contributed by atoms with Crippen LogP contribution in [0, 0.1) is 0 Å². The number of ether oxygens (including phenoxy) is 1. The van der Waals surface area contributed by atoms with Crippen molar-refractivity contribution in [3.05, 3.63) is 59.9 Å². The third-order valence-electron chi connectivity index (χ3n) is 2.45. The van der Waals surface area contributed by atoms with Gasteiger partial charge in [0.05, 0.1) is 11.8 Å². The Morgan fingerprint density at radius 2 is 2.00 bits per heavy atom. The van der Waals surface area contributed by atoms with E-state index in [0.29, 0.717) is 11.3 Å². The normalized spacial score (nSPS) is 10.3. The van der Waals surface area contributed by atoms with Crippen LogP contribution in [0.1, 0.15) is 22.8 Å². The molecule has 2 aromatic rings. The number of amides is 1. The van der Waals surface area contributed by atoms with Gasteiger partial charge in [0.25, 0.3) is 5.91 Å². The van der Waals surface area contributed by atoms with Crippen molar-refractivity contribution in [3.8, 4) is 5.75 Å². The minimum Gasteiger partial charge on any atom is -0.427 e. The van der Waals surface area contributed by atoms with Gasteiger partial charge in [0.2, 0.25) is 0 Å². The molecule has 0 aliphatic carbocycles. The van der Waals surface area contributed by atoms with Gasteiger partial charge in [-0.15, -0.1) is 0 Å². The van der Waals surface area contributed by atoms with E-state index in [1.807, 2.05) is 0 Å². The van der Waals surface area contributed by atoms with Crippen molar-refractivity contribution in [1.29, 1.82) is 0 Å². The molecular formula is C15H13N3O3. The lowest BCUT2D eigenvalue weighted by atomic mass is 10.2. The Kier molecular flexibility index (Phi) is 4.76. The molecule has 0 bridgehead atoms. The molecule has 1 aromatic carbocycles. The van der Waals surface area contributed by atoms with E-state index in [1.165, 1.54) is 19.3 Å². The van der Waals surface area contributed by atoms with Gasteiger partial charge in [0, 0.05) is 19.3 Å². The van der Waals surface area contributed by atoms with E-state index in [-0.39, 0.29) is 11.9 Å². The Balaban J connectivity index is 1.92. The van der Waals surface area contributed by atoms with Crippen LogP contribution in [-0.2, 0) is 4.79 Å². The quantitative estimate of drug-likeness (QED) is 0.401. The van der Waals surface area contributed by atoms with Crippen LogP contribution in [0.3, 0.4) is 0 Å². The number of hydrogen-bond acceptors (Lipinski definition) is 5. The van der Waals surface area contributed by atoms with Crippen molar-refractivity contribution in [2.45, 2.75) is 6.92 Å². The molecule has 106 valence electrons. The number of aromatic nitrogens is 1. The van der Waals surface area contributed by atoms with Gasteiger partial charge in [-0.3, -0.25) is 14.6 Å². The zero-order valence-corrected chi connectivity index (χ0v) is 11.3. The maximum Gasteiger partial charge on any atom is 0.308 e. The molecule has 0 radical (unpaired) electrons. The highest BCUT2D eigenvalue weighted by Crippen LogP contribution is 2.11. The number of hydrogen-bond donors (Lipinski definition) is 1. The standard InChI is InChI=1S/C15H13N3O3/c1-11(19)21-14-6-4-12(5-7-14)9-17-18-15(20)13-3-2-8-16-10-13/h2-10H,1H3,(H,18,20)/b17-9-. The van der Waals surface area contributed by atoms with Gasteiger partial charge in [-0.1, -0.05) is 0 Å². The summed E-state index contributed by atoms with van der Waals surface area (Å²) < 4.78 is 4.91. The van der Waals surface area contributed by atoms with Gasteiger partial charge in [-0.2, -0.15) is 5.10 Å². The summed E-state index contributed by atoms with van der Waals surface area (Å²) in [5, 5.41) is 3.85. The third-order valence-corrected chi connectivity index (χ3v) is 2.45. The lowest BCUT2D eigenvalue weighted by molar-refractivity contribution is -0.131. The maximum atomic E-state index is 11.7. The van der Waals surface area contributed by atoms with E-state index in [4.69, 9.17) is 4.74 Å². The second kappa shape index (κ2) is 6.95. The number of nitrogens with one attached hydrogen (secondary N) is 1. The Morgan fingerprint density at radius 3 is 2.62 bits per heavy atom. The summed E-state index contributed by atoms with van der Waals surface area (Å²) in [6.07, 6.45) is 4.54. The van der Waals surface area contributed by atoms with Gasteiger partial charge in [0.15, 0.2) is 0 Å². The molecule has 1 aromatic heterocycles. The molecule has 0 saturated heterocycles. The van der Waals surface area contributed by atoms with Gasteiger partial charge in [0.1, 0.15) is 5.75 Å². The molecule has 0 aliphatic rings. The average molecular weight is 283 g/mol. The van der Waals surface area contributed by atoms with Crippen LogP contribution in [0.5, 0.6) is 5.75 Å². The highest BCUT2D eigenvalue weighted by molar-refractivity contribution is 5.94. The number of hydrazone groups is 1. The predicted molar refractivity (Wildman–Crippen MR) is 77.0 cm³/mol. The van der Waals surface area contributed by atoms with Crippen molar-refractivity contribution in [3.63, 3.8) is 0 Å². The first-order chi connectivity index (χ1) is 10.1. The molecular weight excluding hydrogens is 270 g/mol. The number of pyridine rings is 1. The minimum absolute atomic E-state index is 0.337. The number of rotatable bonds is 4. The fourth-order valence-electron chi connectivity index (χ4n) is 1.51. The lowest BCUT2D eigenvalue weighted by Crippen LogP contribution is -2.17. The van der Waals surface area contributed by atoms with E-state index < -0.39 is 0 Å². The molecule has 2 rings (SSSR count). The van der Waals surface area contributed by atoms with Crippen LogP contribution in [0.25, 0.3) is 0 Å². The Hall–Kier alpha value is -3.02. The van der Waals surface area contributed by atoms with E-state index in [1.54, 1.807) is 42.6 Å². The second-order valence-corrected chi connectivity index (χ2v) is 4.10. The maximum absolute atomic E-state index is 11.7. The van der Waals surface area contributed by atoms with Crippen LogP contribution in [0.2, 0.25) is 0 Å². The summed E-state index contributed by atoms with van der Waals surface area (Å²) in [5.41, 5.74) is 3.59. The first kappa shape index (κ1) is 14.4. The molecule has 0 aliphatic heterocycles. The first-order valence-corrected chi connectivity index (χ1v) is 6.17. The molecule has 6 heteroatoms. The molecule has 1 N–H and O–H groups in total. The Morgan fingerprint density at radius 1 is 1.24 bits per heavy atom. The molecule has 1 heterocycles. The minimum atomic E-state index is -0.375. The van der Waals surface area contributed by atoms with Crippen molar-refractivity contribution in [2.75, 3.05) is 0 Å². The molecule has 6 nitrogen and oxygen atoms in total. The van der Waals surface area contributed by atoms with Crippen molar-refractivity contribution in [1.82, 2.24) is 10.4 Å². The Bertz CT molecular complexity index is 652. The largest absolute Gasteiger partial charge is 0.427 e. The summed E-state index contributed by atoms with van der Waals surface area (Å²) in [7, 11) is 0. The molecule has 0 saturated carbocycles. The Labute approximate surface area is 121 Å². The topological polar surface area (TPSA) is 80.6 Å². The van der Waals surface area contributed by atoms with Gasteiger partial charge in [-0.05, 0) is 42.0 Å². The number of esters is 1. The van der Waals surface area contributed by atoms with E-state index in [0.717, 1.165) is 5.56 Å². The molecule has 21 heavy (non-hydrogen) atoms. The average Bonchev–Trinajstić information content (AvgIpc) is 2.49. The van der Waals surface area contributed by atoms with Crippen LogP contribution in [-0.4, -0.2) is 23.1 Å². The molecule has 1 amide bonds. The van der Waals surface area contributed by atoms with Gasteiger partial charge >= 0.3 is 5.97 Å². The van der Waals surface area contributed by atoms with Crippen LogP contribution < -0.4 is 10.2 Å². The van der Waals surface area contributed by atoms with Crippen LogP contribution in [0.4, 0.5) is 0 Å². The molecule has 0 spiro atoms. The number of benzene rings is 1. The SMILES string of the molecule is CC(=O)Oc1ccc(/C=N\NC(=O)c2cccnc2)cc1. The summed E-state index contributed by atoms with van der Waals surface area (Å²) in [6.45, 7) is 1.34. The zero-order chi connectivity index (χ0) is 15.1. The fraction of sp³-hybridized carbons (Fsp3) is 0.0667. The smallest absolute Gasteiger partial charge is 0.308 e. The van der Waals surface area contributed by atoms with Gasteiger partial charge in [-0.25, -0.2) is 5.43 Å². The van der Waals surface area contributed by atoms with E-state index in [9.17, 15) is 9.59 Å². The number of nitrogens with zero attached hydrogens (tertiary/aromatic N) is 2. The van der Waals surface area contributed by atoms with Crippen molar-refractivity contribution < 1.29 is 14.3 Å². The summed E-state index contributed by atoms with van der Waals surface area (Å²) >= 11 is 0. The number of carbonyl (C=O) groups is 2. The first-order valence-electron chi connectivity index (χ1n) is 6.17. The van der Waals surface area contributed by atoms with Crippen LogP contribution >= 0.6 is 0 Å². The molecule has 0 atom stereocenters. The summed E-state index contributed by atoms with van der Waals surface area (Å²) in [5.74, 6) is -0.255. The summed E-state index contributed by atoms with van der Waals surface area (Å²) in [6, 6.07) is 10.0. The zero-order valence-electron chi connectivity index (χ0n) is 11.3. The molecule has 0 fully saturated rings. The highest BCUT2D eigenvalue weighted by atomic mass is 16.5. The van der Waals surface area contributed by atoms with Crippen LogP contribution in [0.15, 0.2) is 53.9 Å². The van der Waals surface area contributed by atoms with Crippen molar-refractivity contribution in [2.24, 2.45) is 5.10 Å². The summed E-state index contributed by atoms with van der Waals surface area (Å²) in [4.78, 5) is 26.3. The van der Waals surface area contributed by atoms with Crippen molar-refractivity contribution >= 4 is 18.1 Å². The van der Waals surface area contributed by atoms with E-state index in [2.05, 4.69) is 15.5 Å². The fourth-order valence-corrected chi connectivity index (χ4v) is 1.51. The van der Waals surface area contributed by atoms with Gasteiger partial charge < -0.3 is 4.74 Å². The highest BCUT2D eigenvalue weighted by Gasteiger charge is 2.02. The number of carbonyl (C=O) groups excluding carboxylic acids is 2. The third kappa shape index (κ3) is 4.54. The lowest BCUT2D eigenvalue weighted by Gasteiger charge is -2.01. The second-order valence-electron chi connectivity index (χ2n) is 4.10.